The number of hydrogen-bond donors (Lipinski definition) is 1. The summed E-state index contributed by atoms with van der Waals surface area (Å²) in [5.41, 5.74) is 4.16. The van der Waals surface area contributed by atoms with E-state index in [-0.39, 0.29) is 12.5 Å². The first kappa shape index (κ1) is 23.0. The summed E-state index contributed by atoms with van der Waals surface area (Å²) in [5, 5.41) is 2.89. The molecule has 0 aliphatic heterocycles. The number of aryl methyl sites for hydroxylation is 2. The van der Waals surface area contributed by atoms with Gasteiger partial charge in [0.2, 0.25) is 0 Å². The highest BCUT2D eigenvalue weighted by Gasteiger charge is 2.14. The molecule has 3 aromatic rings. The zero-order chi connectivity index (χ0) is 23.1. The van der Waals surface area contributed by atoms with Gasteiger partial charge in [-0.05, 0) is 74.4 Å². The van der Waals surface area contributed by atoms with Gasteiger partial charge in [0.25, 0.3) is 5.91 Å². The fourth-order valence-electron chi connectivity index (χ4n) is 3.20. The predicted octanol–water partition coefficient (Wildman–Crippen LogP) is 5.55. The second-order valence-electron chi connectivity index (χ2n) is 7.31. The fraction of sp³-hybridized carbons (Fsp3) is 0.269. The van der Waals surface area contributed by atoms with Gasteiger partial charge in [-0.3, -0.25) is 4.79 Å². The van der Waals surface area contributed by atoms with Gasteiger partial charge in [0, 0.05) is 17.2 Å². The summed E-state index contributed by atoms with van der Waals surface area (Å²) in [6, 6.07) is 16.5. The lowest BCUT2D eigenvalue weighted by molar-refractivity contribution is 0.102. The van der Waals surface area contributed by atoms with Crippen LogP contribution in [0, 0.1) is 13.8 Å². The number of hydrogen-bond acceptors (Lipinski definition) is 5. The fourth-order valence-corrected chi connectivity index (χ4v) is 3.20. The molecule has 0 aliphatic rings. The smallest absolute Gasteiger partial charge is 0.255 e. The number of carbonyl (C=O) groups is 1. The molecule has 0 atom stereocenters. The van der Waals surface area contributed by atoms with Crippen molar-refractivity contribution in [3.05, 3.63) is 76.9 Å². The number of carbonyl (C=O) groups excluding carboxylic acids is 1. The zero-order valence-corrected chi connectivity index (χ0v) is 19.2. The molecule has 168 valence electrons. The lowest BCUT2D eigenvalue weighted by atomic mass is 10.1. The summed E-state index contributed by atoms with van der Waals surface area (Å²) in [4.78, 5) is 13.0. The average molecular weight is 436 g/mol. The van der Waals surface area contributed by atoms with Gasteiger partial charge in [-0.15, -0.1) is 0 Å². The minimum Gasteiger partial charge on any atom is -0.497 e. The molecule has 0 saturated heterocycles. The maximum Gasteiger partial charge on any atom is 0.255 e. The van der Waals surface area contributed by atoms with Crippen LogP contribution in [0.25, 0.3) is 0 Å². The van der Waals surface area contributed by atoms with Gasteiger partial charge < -0.3 is 24.3 Å². The Morgan fingerprint density at radius 3 is 2.25 bits per heavy atom. The molecule has 0 spiro atoms. The SMILES string of the molecule is CCOc1ccc(C(=O)Nc2cc(OC)ccc2OC)cc1COc1ccc(C)c(C)c1. The molecule has 32 heavy (non-hydrogen) atoms. The second kappa shape index (κ2) is 10.6. The third kappa shape index (κ3) is 5.52. The molecule has 0 aliphatic carbocycles. The maximum atomic E-state index is 13.0. The molecule has 0 bridgehead atoms. The van der Waals surface area contributed by atoms with Crippen molar-refractivity contribution in [1.82, 2.24) is 0 Å². The van der Waals surface area contributed by atoms with Crippen LogP contribution in [0.5, 0.6) is 23.0 Å². The molecule has 0 aromatic heterocycles. The van der Waals surface area contributed by atoms with Crippen molar-refractivity contribution in [3.8, 4) is 23.0 Å². The van der Waals surface area contributed by atoms with Crippen molar-refractivity contribution in [2.45, 2.75) is 27.4 Å². The molecule has 0 unspecified atom stereocenters. The molecule has 0 radical (unpaired) electrons. The number of rotatable bonds is 9. The number of ether oxygens (including phenoxy) is 4. The Labute approximate surface area is 189 Å². The normalized spacial score (nSPS) is 10.4. The highest BCUT2D eigenvalue weighted by atomic mass is 16.5. The van der Waals surface area contributed by atoms with E-state index in [1.54, 1.807) is 50.6 Å². The molecule has 1 amide bonds. The van der Waals surface area contributed by atoms with Gasteiger partial charge in [-0.2, -0.15) is 0 Å². The Morgan fingerprint density at radius 2 is 1.56 bits per heavy atom. The Kier molecular flexibility index (Phi) is 7.60. The van der Waals surface area contributed by atoms with Gasteiger partial charge in [-0.25, -0.2) is 0 Å². The van der Waals surface area contributed by atoms with Gasteiger partial charge >= 0.3 is 0 Å². The Bertz CT molecular complexity index is 1090. The molecule has 0 fully saturated rings. The number of methoxy groups -OCH3 is 2. The third-order valence-corrected chi connectivity index (χ3v) is 5.15. The highest BCUT2D eigenvalue weighted by Crippen LogP contribution is 2.30. The van der Waals surface area contributed by atoms with E-state index >= 15 is 0 Å². The van der Waals surface area contributed by atoms with E-state index in [1.807, 2.05) is 32.0 Å². The topological polar surface area (TPSA) is 66.0 Å². The molecule has 3 aromatic carbocycles. The van der Waals surface area contributed by atoms with Crippen LogP contribution in [0.3, 0.4) is 0 Å². The third-order valence-electron chi connectivity index (χ3n) is 5.15. The molecule has 3 rings (SSSR count). The van der Waals surface area contributed by atoms with Gasteiger partial charge in [0.05, 0.1) is 26.5 Å². The zero-order valence-electron chi connectivity index (χ0n) is 19.2. The number of nitrogens with one attached hydrogen (secondary N) is 1. The van der Waals surface area contributed by atoms with Crippen LogP contribution in [0.15, 0.2) is 54.6 Å². The standard InChI is InChI=1S/C26H29NO5/c1-6-31-24-11-8-19(14-20(24)16-32-22-9-7-17(2)18(3)13-22)26(28)27-23-15-21(29-4)10-12-25(23)30-5/h7-15H,6,16H2,1-5H3,(H,27,28). The van der Waals surface area contributed by atoms with E-state index in [0.29, 0.717) is 35.1 Å². The number of benzene rings is 3. The van der Waals surface area contributed by atoms with Crippen LogP contribution in [-0.4, -0.2) is 26.7 Å². The van der Waals surface area contributed by atoms with E-state index in [2.05, 4.69) is 12.2 Å². The summed E-state index contributed by atoms with van der Waals surface area (Å²) in [7, 11) is 3.12. The van der Waals surface area contributed by atoms with E-state index in [4.69, 9.17) is 18.9 Å². The highest BCUT2D eigenvalue weighted by molar-refractivity contribution is 6.05. The van der Waals surface area contributed by atoms with Crippen LogP contribution in [-0.2, 0) is 6.61 Å². The van der Waals surface area contributed by atoms with Crippen LogP contribution in [0.1, 0.15) is 34.0 Å². The van der Waals surface area contributed by atoms with Crippen LogP contribution in [0.4, 0.5) is 5.69 Å². The van der Waals surface area contributed by atoms with E-state index < -0.39 is 0 Å². The summed E-state index contributed by atoms with van der Waals surface area (Å²) >= 11 is 0. The minimum atomic E-state index is -0.271. The quantitative estimate of drug-likeness (QED) is 0.477. The van der Waals surface area contributed by atoms with Crippen LogP contribution >= 0.6 is 0 Å². The van der Waals surface area contributed by atoms with Gasteiger partial charge in [0.1, 0.15) is 29.6 Å². The van der Waals surface area contributed by atoms with E-state index in [9.17, 15) is 4.79 Å². The van der Waals surface area contributed by atoms with Crippen molar-refractivity contribution in [3.63, 3.8) is 0 Å². The summed E-state index contributed by atoms with van der Waals surface area (Å²) < 4.78 is 22.3. The summed E-state index contributed by atoms with van der Waals surface area (Å²) in [6.07, 6.45) is 0. The summed E-state index contributed by atoms with van der Waals surface area (Å²) in [6.45, 7) is 6.83. The lowest BCUT2D eigenvalue weighted by Gasteiger charge is -2.15. The molecule has 0 heterocycles. The van der Waals surface area contributed by atoms with Crippen LogP contribution < -0.4 is 24.3 Å². The van der Waals surface area contributed by atoms with Crippen molar-refractivity contribution in [1.29, 1.82) is 0 Å². The second-order valence-corrected chi connectivity index (χ2v) is 7.31. The first-order chi connectivity index (χ1) is 15.4. The van der Waals surface area contributed by atoms with Crippen molar-refractivity contribution >= 4 is 11.6 Å². The monoisotopic (exact) mass is 435 g/mol. The van der Waals surface area contributed by atoms with Gasteiger partial charge in [-0.1, -0.05) is 6.07 Å². The average Bonchev–Trinajstić information content (AvgIpc) is 2.80. The van der Waals surface area contributed by atoms with Gasteiger partial charge in [0.15, 0.2) is 0 Å². The largest absolute Gasteiger partial charge is 0.497 e. The molecule has 6 heteroatoms. The Balaban J connectivity index is 1.82. The predicted molar refractivity (Wildman–Crippen MR) is 125 cm³/mol. The van der Waals surface area contributed by atoms with E-state index in [1.165, 1.54) is 5.56 Å². The van der Waals surface area contributed by atoms with Crippen molar-refractivity contribution in [2.24, 2.45) is 0 Å². The van der Waals surface area contributed by atoms with Crippen molar-refractivity contribution in [2.75, 3.05) is 26.1 Å². The Hall–Kier alpha value is -3.67. The maximum absolute atomic E-state index is 13.0. The lowest BCUT2D eigenvalue weighted by Crippen LogP contribution is -2.14. The molecule has 0 saturated carbocycles. The molecular weight excluding hydrogens is 406 g/mol. The van der Waals surface area contributed by atoms with E-state index in [0.717, 1.165) is 16.9 Å². The first-order valence-electron chi connectivity index (χ1n) is 10.4. The summed E-state index contributed by atoms with van der Waals surface area (Å²) in [5.74, 6) is 2.35. The minimum absolute atomic E-state index is 0.271. The number of amides is 1. The van der Waals surface area contributed by atoms with Crippen LogP contribution in [0.2, 0.25) is 0 Å². The molecule has 6 nitrogen and oxygen atoms in total. The first-order valence-corrected chi connectivity index (χ1v) is 10.4. The number of anilines is 1. The Morgan fingerprint density at radius 1 is 0.812 bits per heavy atom. The van der Waals surface area contributed by atoms with Crippen molar-refractivity contribution < 1.29 is 23.7 Å². The molecule has 1 N–H and O–H groups in total. The molecular formula is C26H29NO5.